The molecule has 0 fully saturated rings. The Morgan fingerprint density at radius 3 is 1.07 bits per heavy atom. The van der Waals surface area contributed by atoms with E-state index in [4.69, 9.17) is 0 Å². The predicted octanol–water partition coefficient (Wildman–Crippen LogP) is 3.38. The molecular formula is C28H28ClP. The van der Waals surface area contributed by atoms with Crippen LogP contribution in [-0.4, -0.2) is 0 Å². The van der Waals surface area contributed by atoms with Gasteiger partial charge in [-0.3, -0.25) is 0 Å². The van der Waals surface area contributed by atoms with E-state index in [1.54, 1.807) is 0 Å². The van der Waals surface area contributed by atoms with Gasteiger partial charge in [-0.15, -0.1) is 0 Å². The zero-order chi connectivity index (χ0) is 20.1. The second-order valence-electron chi connectivity index (χ2n) is 7.83. The third kappa shape index (κ3) is 4.08. The lowest BCUT2D eigenvalue weighted by Gasteiger charge is -2.37. The molecule has 0 aliphatic rings. The zero-order valence-electron chi connectivity index (χ0n) is 17.5. The van der Waals surface area contributed by atoms with Crippen molar-refractivity contribution in [2.75, 3.05) is 0 Å². The highest BCUT2D eigenvalue weighted by Crippen LogP contribution is 2.68. The fraction of sp³-hybridized carbons (Fsp3) is 0.143. The quantitative estimate of drug-likeness (QED) is 0.411. The van der Waals surface area contributed by atoms with Gasteiger partial charge in [-0.2, -0.15) is 0 Å². The molecule has 0 aliphatic carbocycles. The first-order valence-corrected chi connectivity index (χ1v) is 12.2. The van der Waals surface area contributed by atoms with Gasteiger partial charge in [0.25, 0.3) is 0 Å². The zero-order valence-corrected chi connectivity index (χ0v) is 19.2. The Balaban J connectivity index is 0.00000256. The van der Waals surface area contributed by atoms with Crippen LogP contribution in [0.1, 0.15) is 25.1 Å². The normalized spacial score (nSPS) is 12.2. The maximum atomic E-state index is 2.38. The lowest BCUT2D eigenvalue weighted by Crippen LogP contribution is -3.00. The van der Waals surface area contributed by atoms with E-state index in [-0.39, 0.29) is 12.4 Å². The summed E-state index contributed by atoms with van der Waals surface area (Å²) in [6, 6.07) is 44.7. The van der Waals surface area contributed by atoms with Crippen molar-refractivity contribution >= 4 is 23.2 Å². The van der Waals surface area contributed by atoms with Crippen LogP contribution in [0.5, 0.6) is 0 Å². The van der Waals surface area contributed by atoms with Crippen LogP contribution in [0.2, 0.25) is 0 Å². The second kappa shape index (κ2) is 10.1. The number of hydrogen-bond acceptors (Lipinski definition) is 0. The van der Waals surface area contributed by atoms with E-state index in [9.17, 15) is 0 Å². The Morgan fingerprint density at radius 1 is 0.467 bits per heavy atom. The first kappa shape index (κ1) is 22.3. The maximum Gasteiger partial charge on any atom is 0.119 e. The summed E-state index contributed by atoms with van der Waals surface area (Å²) in [4.78, 5) is 0. The SMILES string of the molecule is CC(C)C(c1ccccc1)[P+](c1ccccc1)(c1ccccc1)c1ccccc1.[Cl-]. The molecule has 0 radical (unpaired) electrons. The number of halogens is 1. The molecule has 30 heavy (non-hydrogen) atoms. The van der Waals surface area contributed by atoms with Crippen molar-refractivity contribution in [2.45, 2.75) is 19.5 Å². The van der Waals surface area contributed by atoms with Crippen molar-refractivity contribution in [2.24, 2.45) is 5.92 Å². The van der Waals surface area contributed by atoms with Crippen molar-refractivity contribution in [1.29, 1.82) is 0 Å². The second-order valence-corrected chi connectivity index (χ2v) is 11.4. The van der Waals surface area contributed by atoms with Crippen molar-refractivity contribution < 1.29 is 12.4 Å². The molecule has 0 aliphatic heterocycles. The molecule has 4 rings (SSSR count). The minimum atomic E-state index is -1.94. The topological polar surface area (TPSA) is 0 Å². The Hall–Kier alpha value is -2.40. The smallest absolute Gasteiger partial charge is 0.119 e. The van der Waals surface area contributed by atoms with Gasteiger partial charge < -0.3 is 12.4 Å². The largest absolute Gasteiger partial charge is 1.00 e. The third-order valence-electron chi connectivity index (χ3n) is 5.68. The Labute approximate surface area is 187 Å². The third-order valence-corrected chi connectivity index (χ3v) is 10.7. The molecule has 1 unspecified atom stereocenters. The predicted molar refractivity (Wildman–Crippen MR) is 129 cm³/mol. The highest BCUT2D eigenvalue weighted by atomic mass is 35.5. The summed E-state index contributed by atoms with van der Waals surface area (Å²) in [7, 11) is -1.94. The number of hydrogen-bond donors (Lipinski definition) is 0. The average molecular weight is 431 g/mol. The number of rotatable bonds is 6. The summed E-state index contributed by atoms with van der Waals surface area (Å²) in [5, 5.41) is 4.33. The van der Waals surface area contributed by atoms with Gasteiger partial charge in [0, 0.05) is 0 Å². The van der Waals surface area contributed by atoms with Gasteiger partial charge in [0.05, 0.1) is 0 Å². The van der Waals surface area contributed by atoms with Crippen LogP contribution in [0.4, 0.5) is 0 Å². The Kier molecular flexibility index (Phi) is 7.48. The van der Waals surface area contributed by atoms with Crippen molar-refractivity contribution in [3.8, 4) is 0 Å². The van der Waals surface area contributed by atoms with Crippen LogP contribution < -0.4 is 28.3 Å². The molecule has 0 saturated carbocycles. The van der Waals surface area contributed by atoms with Crippen LogP contribution >= 0.6 is 7.26 Å². The standard InChI is InChI=1S/C28H28P.ClH/c1-23(2)28(24-15-7-3-8-16-24)29(25-17-9-4-10-18-25,26-19-11-5-12-20-26)27-21-13-6-14-22-27;/h3-23,28H,1-2H3;1H/q+1;/p-1. The van der Waals surface area contributed by atoms with E-state index in [0.29, 0.717) is 11.6 Å². The number of benzene rings is 4. The van der Waals surface area contributed by atoms with Crippen LogP contribution in [-0.2, 0) is 0 Å². The van der Waals surface area contributed by atoms with Gasteiger partial charge in [-0.05, 0) is 47.9 Å². The summed E-state index contributed by atoms with van der Waals surface area (Å²) < 4.78 is 0. The first-order chi connectivity index (χ1) is 14.2. The minimum absolute atomic E-state index is 0. The summed E-state index contributed by atoms with van der Waals surface area (Å²) in [5.41, 5.74) is 1.82. The van der Waals surface area contributed by atoms with Gasteiger partial charge in [0.2, 0.25) is 0 Å². The van der Waals surface area contributed by atoms with Gasteiger partial charge in [0.15, 0.2) is 0 Å². The molecule has 0 heterocycles. The van der Waals surface area contributed by atoms with E-state index < -0.39 is 7.26 Å². The molecule has 0 spiro atoms. The minimum Gasteiger partial charge on any atom is -1.00 e. The Morgan fingerprint density at radius 2 is 0.767 bits per heavy atom. The van der Waals surface area contributed by atoms with Gasteiger partial charge in [0.1, 0.15) is 28.8 Å². The van der Waals surface area contributed by atoms with E-state index in [2.05, 4.69) is 135 Å². The molecular weight excluding hydrogens is 403 g/mol. The van der Waals surface area contributed by atoms with E-state index in [1.807, 2.05) is 0 Å². The highest BCUT2D eigenvalue weighted by molar-refractivity contribution is 7.96. The first-order valence-electron chi connectivity index (χ1n) is 10.3. The molecule has 4 aromatic rings. The van der Waals surface area contributed by atoms with Crippen molar-refractivity contribution in [3.05, 3.63) is 127 Å². The molecule has 0 nitrogen and oxygen atoms in total. The lowest BCUT2D eigenvalue weighted by molar-refractivity contribution is -0.00000582. The molecule has 2 heteroatoms. The average Bonchev–Trinajstić information content (AvgIpc) is 2.79. The summed E-state index contributed by atoms with van der Waals surface area (Å²) >= 11 is 0. The van der Waals surface area contributed by atoms with Gasteiger partial charge in [-0.1, -0.05) is 98.8 Å². The molecule has 0 bridgehead atoms. The van der Waals surface area contributed by atoms with E-state index in [0.717, 1.165) is 0 Å². The monoisotopic (exact) mass is 430 g/mol. The molecule has 4 aromatic carbocycles. The summed E-state index contributed by atoms with van der Waals surface area (Å²) in [6.07, 6.45) is 0. The van der Waals surface area contributed by atoms with E-state index in [1.165, 1.54) is 21.5 Å². The summed E-state index contributed by atoms with van der Waals surface area (Å²) in [5.74, 6) is 0.492. The van der Waals surface area contributed by atoms with Gasteiger partial charge in [-0.25, -0.2) is 0 Å². The molecule has 0 aromatic heterocycles. The van der Waals surface area contributed by atoms with Crippen LogP contribution in [0, 0.1) is 5.92 Å². The molecule has 0 amide bonds. The molecule has 0 saturated heterocycles. The fourth-order valence-corrected chi connectivity index (χ4v) is 9.92. The van der Waals surface area contributed by atoms with Crippen molar-refractivity contribution in [1.82, 2.24) is 0 Å². The van der Waals surface area contributed by atoms with Crippen LogP contribution in [0.3, 0.4) is 0 Å². The summed E-state index contributed by atoms with van der Waals surface area (Å²) in [6.45, 7) is 4.75. The maximum absolute atomic E-state index is 2.38. The lowest BCUT2D eigenvalue weighted by atomic mass is 10.0. The van der Waals surface area contributed by atoms with Gasteiger partial charge >= 0.3 is 0 Å². The molecule has 0 N–H and O–H groups in total. The van der Waals surface area contributed by atoms with Crippen LogP contribution in [0.25, 0.3) is 0 Å². The highest BCUT2D eigenvalue weighted by Gasteiger charge is 2.53. The van der Waals surface area contributed by atoms with E-state index >= 15 is 0 Å². The Bertz CT molecular complexity index is 919. The molecule has 152 valence electrons. The van der Waals surface area contributed by atoms with Crippen LogP contribution in [0.15, 0.2) is 121 Å². The molecule has 1 atom stereocenters. The fourth-order valence-electron chi connectivity index (χ4n) is 4.62. The van der Waals surface area contributed by atoms with Crippen molar-refractivity contribution in [3.63, 3.8) is 0 Å².